The number of hydrogen-bond acceptors (Lipinski definition) is 2. The first-order valence-corrected chi connectivity index (χ1v) is 18.2. The van der Waals surface area contributed by atoms with Crippen molar-refractivity contribution in [3.8, 4) is 27.9 Å². The standard InChI is InChI=1S/C48H32N2S/c1-2-11-33(12-3-1)34-21-25-37(26-22-34)49(40-29-30-48-44(32-40)43-17-6-9-20-47(43)51-48)39-14-10-13-36(31-39)35-23-27-38(28-24-35)50-45-18-7-4-15-41(45)42-16-5-8-19-46(42)50/h1-32H. The Labute approximate surface area is 300 Å². The van der Waals surface area contributed by atoms with Crippen LogP contribution in [0.25, 0.3) is 69.9 Å². The van der Waals surface area contributed by atoms with Crippen LogP contribution in [0, 0.1) is 0 Å². The van der Waals surface area contributed by atoms with Crippen LogP contribution in [0.5, 0.6) is 0 Å². The summed E-state index contributed by atoms with van der Waals surface area (Å²) in [5.74, 6) is 0. The average molecular weight is 669 g/mol. The molecule has 10 rings (SSSR count). The third-order valence-electron chi connectivity index (χ3n) is 9.99. The second-order valence-electron chi connectivity index (χ2n) is 13.0. The first-order valence-electron chi connectivity index (χ1n) is 17.3. The highest BCUT2D eigenvalue weighted by molar-refractivity contribution is 7.25. The van der Waals surface area contributed by atoms with Crippen molar-refractivity contribution in [2.45, 2.75) is 0 Å². The molecule has 0 saturated carbocycles. The fourth-order valence-corrected chi connectivity index (χ4v) is 8.65. The van der Waals surface area contributed by atoms with Crippen molar-refractivity contribution in [2.75, 3.05) is 4.90 Å². The highest BCUT2D eigenvalue weighted by Gasteiger charge is 2.17. The molecule has 2 nitrogen and oxygen atoms in total. The molecule has 0 spiro atoms. The van der Waals surface area contributed by atoms with E-state index in [9.17, 15) is 0 Å². The van der Waals surface area contributed by atoms with Gasteiger partial charge in [-0.2, -0.15) is 0 Å². The van der Waals surface area contributed by atoms with Crippen molar-refractivity contribution in [1.82, 2.24) is 4.57 Å². The first kappa shape index (κ1) is 29.5. The number of benzene rings is 8. The van der Waals surface area contributed by atoms with Gasteiger partial charge in [-0.15, -0.1) is 11.3 Å². The fraction of sp³-hybridized carbons (Fsp3) is 0. The lowest BCUT2D eigenvalue weighted by molar-refractivity contribution is 1.18. The third-order valence-corrected chi connectivity index (χ3v) is 11.1. The van der Waals surface area contributed by atoms with Gasteiger partial charge < -0.3 is 9.47 Å². The van der Waals surface area contributed by atoms with Crippen LogP contribution >= 0.6 is 11.3 Å². The summed E-state index contributed by atoms with van der Waals surface area (Å²) in [5.41, 5.74) is 11.7. The molecule has 0 aliphatic rings. The Kier molecular flexibility index (Phi) is 7.04. The molecule has 0 fully saturated rings. The molecular formula is C48H32N2S. The predicted molar refractivity (Wildman–Crippen MR) is 219 cm³/mol. The van der Waals surface area contributed by atoms with Crippen molar-refractivity contribution < 1.29 is 0 Å². The molecule has 0 atom stereocenters. The Morgan fingerprint density at radius 2 is 0.863 bits per heavy atom. The first-order chi connectivity index (χ1) is 25.3. The lowest BCUT2D eigenvalue weighted by atomic mass is 10.0. The minimum atomic E-state index is 1.12. The molecule has 0 aliphatic heterocycles. The Morgan fingerprint density at radius 1 is 0.333 bits per heavy atom. The second-order valence-corrected chi connectivity index (χ2v) is 14.1. The number of rotatable bonds is 6. The van der Waals surface area contributed by atoms with Crippen LogP contribution in [0.3, 0.4) is 0 Å². The minimum Gasteiger partial charge on any atom is -0.310 e. The minimum absolute atomic E-state index is 1.12. The number of para-hydroxylation sites is 2. The van der Waals surface area contributed by atoms with Crippen LogP contribution < -0.4 is 4.90 Å². The predicted octanol–water partition coefficient (Wildman–Crippen LogP) is 14.0. The van der Waals surface area contributed by atoms with Crippen LogP contribution in [-0.4, -0.2) is 4.57 Å². The zero-order valence-electron chi connectivity index (χ0n) is 27.8. The van der Waals surface area contributed by atoms with Gasteiger partial charge in [0, 0.05) is 53.7 Å². The summed E-state index contributed by atoms with van der Waals surface area (Å²) in [6, 6.07) is 70.4. The second kappa shape index (κ2) is 12.2. The van der Waals surface area contributed by atoms with Gasteiger partial charge in [-0.1, -0.05) is 121 Å². The maximum absolute atomic E-state index is 2.39. The number of thiophene rings is 1. The monoisotopic (exact) mass is 668 g/mol. The number of nitrogens with zero attached hydrogens (tertiary/aromatic N) is 2. The molecule has 0 N–H and O–H groups in total. The SMILES string of the molecule is c1ccc(-c2ccc(N(c3cccc(-c4ccc(-n5c6ccccc6c6ccccc65)cc4)c3)c3ccc4sc5ccccc5c4c3)cc2)cc1. The molecule has 0 saturated heterocycles. The molecule has 0 radical (unpaired) electrons. The highest BCUT2D eigenvalue weighted by atomic mass is 32.1. The Hall–Kier alpha value is -6.42. The van der Waals surface area contributed by atoms with Gasteiger partial charge in [0.15, 0.2) is 0 Å². The summed E-state index contributed by atoms with van der Waals surface area (Å²) in [4.78, 5) is 2.39. The molecule has 0 unspecified atom stereocenters. The molecule has 0 amide bonds. The van der Waals surface area contributed by atoms with E-state index < -0.39 is 0 Å². The molecule has 0 bridgehead atoms. The van der Waals surface area contributed by atoms with Crippen molar-refractivity contribution in [1.29, 1.82) is 0 Å². The summed E-state index contributed by atoms with van der Waals surface area (Å²) in [5, 5.41) is 5.14. The molecule has 3 heteroatoms. The number of aromatic nitrogens is 1. The molecule has 51 heavy (non-hydrogen) atoms. The quantitative estimate of drug-likeness (QED) is 0.171. The molecule has 10 aromatic rings. The van der Waals surface area contributed by atoms with E-state index >= 15 is 0 Å². The van der Waals surface area contributed by atoms with Crippen molar-refractivity contribution in [3.05, 3.63) is 194 Å². The largest absolute Gasteiger partial charge is 0.310 e. The number of anilines is 3. The van der Waals surface area contributed by atoms with E-state index in [1.807, 2.05) is 11.3 Å². The molecule has 240 valence electrons. The van der Waals surface area contributed by atoms with E-state index in [0.717, 1.165) is 22.7 Å². The van der Waals surface area contributed by atoms with E-state index in [1.54, 1.807) is 0 Å². The van der Waals surface area contributed by atoms with Crippen LogP contribution in [-0.2, 0) is 0 Å². The van der Waals surface area contributed by atoms with Gasteiger partial charge in [0.05, 0.1) is 11.0 Å². The summed E-state index contributed by atoms with van der Waals surface area (Å²) in [6.45, 7) is 0. The van der Waals surface area contributed by atoms with Gasteiger partial charge in [0.1, 0.15) is 0 Å². The van der Waals surface area contributed by atoms with Gasteiger partial charge >= 0.3 is 0 Å². The van der Waals surface area contributed by atoms with Gasteiger partial charge in [-0.05, 0) is 95.1 Å². The zero-order valence-corrected chi connectivity index (χ0v) is 28.6. The number of fused-ring (bicyclic) bond motifs is 6. The van der Waals surface area contributed by atoms with Crippen LogP contribution in [0.4, 0.5) is 17.1 Å². The van der Waals surface area contributed by atoms with Crippen LogP contribution in [0.15, 0.2) is 194 Å². The smallest absolute Gasteiger partial charge is 0.0541 e. The van der Waals surface area contributed by atoms with Gasteiger partial charge in [-0.3, -0.25) is 0 Å². The molecule has 2 heterocycles. The maximum atomic E-state index is 2.39. The van der Waals surface area contributed by atoms with E-state index in [-0.39, 0.29) is 0 Å². The molecule has 2 aromatic heterocycles. The Balaban J connectivity index is 1.07. The Bertz CT molecular complexity index is 2790. The van der Waals surface area contributed by atoms with Crippen molar-refractivity contribution in [3.63, 3.8) is 0 Å². The van der Waals surface area contributed by atoms with E-state index in [4.69, 9.17) is 0 Å². The van der Waals surface area contributed by atoms with Crippen LogP contribution in [0.2, 0.25) is 0 Å². The lowest BCUT2D eigenvalue weighted by Gasteiger charge is -2.26. The van der Waals surface area contributed by atoms with Gasteiger partial charge in [0.2, 0.25) is 0 Å². The lowest BCUT2D eigenvalue weighted by Crippen LogP contribution is -2.10. The van der Waals surface area contributed by atoms with E-state index in [1.165, 1.54) is 64.2 Å². The molecule has 0 aliphatic carbocycles. The third kappa shape index (κ3) is 5.10. The fourth-order valence-electron chi connectivity index (χ4n) is 7.56. The van der Waals surface area contributed by atoms with Gasteiger partial charge in [-0.25, -0.2) is 0 Å². The normalized spacial score (nSPS) is 11.5. The maximum Gasteiger partial charge on any atom is 0.0541 e. The summed E-state index contributed by atoms with van der Waals surface area (Å²) >= 11 is 1.85. The van der Waals surface area contributed by atoms with E-state index in [0.29, 0.717) is 0 Å². The summed E-state index contributed by atoms with van der Waals surface area (Å²) in [6.07, 6.45) is 0. The molecular weight excluding hydrogens is 637 g/mol. The van der Waals surface area contributed by atoms with Crippen LogP contribution in [0.1, 0.15) is 0 Å². The van der Waals surface area contributed by atoms with E-state index in [2.05, 4.69) is 204 Å². The molecule has 8 aromatic carbocycles. The average Bonchev–Trinajstić information content (AvgIpc) is 3.74. The summed E-state index contributed by atoms with van der Waals surface area (Å²) in [7, 11) is 0. The Morgan fingerprint density at radius 3 is 1.61 bits per heavy atom. The van der Waals surface area contributed by atoms with Crippen molar-refractivity contribution in [2.24, 2.45) is 0 Å². The zero-order chi connectivity index (χ0) is 33.7. The number of hydrogen-bond donors (Lipinski definition) is 0. The highest BCUT2D eigenvalue weighted by Crippen LogP contribution is 2.42. The topological polar surface area (TPSA) is 8.17 Å². The van der Waals surface area contributed by atoms with Crippen molar-refractivity contribution >= 4 is 70.4 Å². The summed E-state index contributed by atoms with van der Waals surface area (Å²) < 4.78 is 4.99. The van der Waals surface area contributed by atoms with Gasteiger partial charge in [0.25, 0.3) is 0 Å².